The summed E-state index contributed by atoms with van der Waals surface area (Å²) in [6, 6.07) is 18.0. The van der Waals surface area contributed by atoms with Gasteiger partial charge in [-0.05, 0) is 42.4 Å². The number of ether oxygens (including phenoxy) is 1. The number of carbonyl (C=O) groups is 2. The molecule has 2 aromatic rings. The third-order valence-corrected chi connectivity index (χ3v) is 6.27. The van der Waals surface area contributed by atoms with Crippen molar-refractivity contribution in [3.63, 3.8) is 0 Å². The van der Waals surface area contributed by atoms with Gasteiger partial charge in [-0.3, -0.25) is 14.6 Å². The van der Waals surface area contributed by atoms with E-state index in [-0.39, 0.29) is 24.3 Å². The number of ketones is 1. The molecule has 2 atom stereocenters. The second-order valence-corrected chi connectivity index (χ2v) is 8.76. The Morgan fingerprint density at radius 2 is 1.77 bits per heavy atom. The molecule has 1 aliphatic carbocycles. The van der Waals surface area contributed by atoms with Gasteiger partial charge in [-0.15, -0.1) is 0 Å². The van der Waals surface area contributed by atoms with Gasteiger partial charge in [-0.25, -0.2) is 0 Å². The summed E-state index contributed by atoms with van der Waals surface area (Å²) >= 11 is 0. The van der Waals surface area contributed by atoms with Crippen LogP contribution in [0, 0.1) is 5.92 Å². The molecule has 2 aromatic carbocycles. The molecule has 4 nitrogen and oxygen atoms in total. The Labute approximate surface area is 184 Å². The molecule has 31 heavy (non-hydrogen) atoms. The highest BCUT2D eigenvalue weighted by atomic mass is 16.5. The van der Waals surface area contributed by atoms with Crippen LogP contribution in [0.5, 0.6) is 0 Å². The van der Waals surface area contributed by atoms with Crippen molar-refractivity contribution in [1.29, 1.82) is 0 Å². The van der Waals surface area contributed by atoms with Gasteiger partial charge >= 0.3 is 5.97 Å². The van der Waals surface area contributed by atoms with Crippen LogP contribution in [0.1, 0.15) is 68.6 Å². The van der Waals surface area contributed by atoms with Gasteiger partial charge in [0.05, 0.1) is 0 Å². The summed E-state index contributed by atoms with van der Waals surface area (Å²) < 4.78 is 5.71. The number of benzene rings is 2. The van der Waals surface area contributed by atoms with Crippen LogP contribution in [-0.4, -0.2) is 17.5 Å². The van der Waals surface area contributed by atoms with Crippen LogP contribution in [-0.2, 0) is 20.9 Å². The lowest BCUT2D eigenvalue weighted by atomic mass is 9.71. The summed E-state index contributed by atoms with van der Waals surface area (Å²) in [5.74, 6) is -0.732. The van der Waals surface area contributed by atoms with E-state index in [1.165, 1.54) is 5.56 Å². The molecule has 4 rings (SSSR count). The lowest BCUT2D eigenvalue weighted by Gasteiger charge is -2.34. The molecule has 0 saturated carbocycles. The van der Waals surface area contributed by atoms with Gasteiger partial charge < -0.3 is 4.74 Å². The number of aliphatic imine (C=N–C) groups is 1. The number of hydrogen-bond donors (Lipinski definition) is 0. The summed E-state index contributed by atoms with van der Waals surface area (Å²) in [5, 5.41) is 0. The molecule has 0 bridgehead atoms. The molecular weight excluding hydrogens is 386 g/mol. The normalized spacial score (nSPS) is 21.0. The summed E-state index contributed by atoms with van der Waals surface area (Å²) in [6.45, 7) is 6.40. The quantitative estimate of drug-likeness (QED) is 0.586. The average Bonchev–Trinajstić information content (AvgIpc) is 2.77. The first-order valence-corrected chi connectivity index (χ1v) is 11.1. The predicted molar refractivity (Wildman–Crippen MR) is 122 cm³/mol. The largest absolute Gasteiger partial charge is 0.460 e. The number of Topliss-reactive ketones (excluding diaryl/α,β-unsaturated/α-hetero) is 1. The standard InChI is InChI=1S/C27H29NO3/c1-17(2)20-12-14-21(15-13-20)25-24(27(30)31-16-19-8-5-4-6-9-19)18(3)28-22-10-7-11-23(29)26(22)25/h4-6,8-9,12-15,17,24-25H,7,10-11,16H2,1-3H3/t24?,25-/m0/s1. The van der Waals surface area contributed by atoms with Crippen molar-refractivity contribution in [2.45, 2.75) is 58.5 Å². The van der Waals surface area contributed by atoms with Crippen molar-refractivity contribution in [2.75, 3.05) is 0 Å². The molecule has 0 saturated heterocycles. The summed E-state index contributed by atoms with van der Waals surface area (Å²) in [5.41, 5.74) is 5.42. The third-order valence-electron chi connectivity index (χ3n) is 6.27. The molecule has 4 heteroatoms. The van der Waals surface area contributed by atoms with Crippen LogP contribution in [0.15, 0.2) is 70.9 Å². The fraction of sp³-hybridized carbons (Fsp3) is 0.370. The monoisotopic (exact) mass is 415 g/mol. The second kappa shape index (κ2) is 9.01. The number of allylic oxidation sites excluding steroid dienone is 2. The van der Waals surface area contributed by atoms with Gasteiger partial charge in [0.2, 0.25) is 0 Å². The molecule has 1 unspecified atom stereocenters. The van der Waals surface area contributed by atoms with Crippen molar-refractivity contribution in [1.82, 2.24) is 0 Å². The van der Waals surface area contributed by atoms with E-state index in [9.17, 15) is 9.59 Å². The predicted octanol–water partition coefficient (Wildman–Crippen LogP) is 5.73. The zero-order chi connectivity index (χ0) is 22.0. The molecular formula is C27H29NO3. The highest BCUT2D eigenvalue weighted by molar-refractivity contribution is 6.08. The van der Waals surface area contributed by atoms with E-state index in [4.69, 9.17) is 9.73 Å². The van der Waals surface area contributed by atoms with Crippen molar-refractivity contribution in [2.24, 2.45) is 10.9 Å². The van der Waals surface area contributed by atoms with E-state index in [0.717, 1.165) is 35.4 Å². The van der Waals surface area contributed by atoms with E-state index < -0.39 is 5.92 Å². The SMILES string of the molecule is CC1=NC2=C(C(=O)CCC2)[C@@H](c2ccc(C(C)C)cc2)C1C(=O)OCc1ccccc1. The Morgan fingerprint density at radius 3 is 2.45 bits per heavy atom. The van der Waals surface area contributed by atoms with Crippen molar-refractivity contribution < 1.29 is 14.3 Å². The Morgan fingerprint density at radius 1 is 1.06 bits per heavy atom. The van der Waals surface area contributed by atoms with Gasteiger partial charge in [0.15, 0.2) is 5.78 Å². The van der Waals surface area contributed by atoms with Gasteiger partial charge in [0, 0.05) is 29.3 Å². The topological polar surface area (TPSA) is 55.7 Å². The first kappa shape index (κ1) is 21.2. The number of rotatable bonds is 5. The van der Waals surface area contributed by atoms with Crippen molar-refractivity contribution >= 4 is 17.5 Å². The molecule has 2 aliphatic rings. The lowest BCUT2D eigenvalue weighted by molar-refractivity contribution is -0.148. The van der Waals surface area contributed by atoms with Gasteiger partial charge in [0.1, 0.15) is 12.5 Å². The van der Waals surface area contributed by atoms with Gasteiger partial charge in [-0.1, -0.05) is 68.4 Å². The smallest absolute Gasteiger partial charge is 0.315 e. The molecule has 160 valence electrons. The van der Waals surface area contributed by atoms with E-state index in [1.54, 1.807) is 0 Å². The van der Waals surface area contributed by atoms with Crippen molar-refractivity contribution in [3.8, 4) is 0 Å². The van der Waals surface area contributed by atoms with Crippen LogP contribution in [0.2, 0.25) is 0 Å². The highest BCUT2D eigenvalue weighted by Crippen LogP contribution is 2.43. The summed E-state index contributed by atoms with van der Waals surface area (Å²) in [7, 11) is 0. The van der Waals surface area contributed by atoms with Crippen LogP contribution in [0.4, 0.5) is 0 Å². The van der Waals surface area contributed by atoms with Crippen LogP contribution in [0.3, 0.4) is 0 Å². The summed E-state index contributed by atoms with van der Waals surface area (Å²) in [4.78, 5) is 31.0. The minimum absolute atomic E-state index is 0.108. The molecule has 0 amide bonds. The number of nitrogens with zero attached hydrogens (tertiary/aromatic N) is 1. The minimum Gasteiger partial charge on any atom is -0.460 e. The molecule has 0 N–H and O–H groups in total. The molecule has 0 aromatic heterocycles. The van der Waals surface area contributed by atoms with Gasteiger partial charge in [0.25, 0.3) is 0 Å². The molecule has 0 spiro atoms. The maximum absolute atomic E-state index is 13.3. The Kier molecular flexibility index (Phi) is 6.17. The Balaban J connectivity index is 1.69. The fourth-order valence-electron chi connectivity index (χ4n) is 4.58. The van der Waals surface area contributed by atoms with Crippen LogP contribution in [0.25, 0.3) is 0 Å². The van der Waals surface area contributed by atoms with E-state index in [2.05, 4.69) is 38.1 Å². The number of carbonyl (C=O) groups excluding carboxylic acids is 2. The minimum atomic E-state index is -0.589. The van der Waals surface area contributed by atoms with Crippen molar-refractivity contribution in [3.05, 3.63) is 82.6 Å². The molecule has 0 radical (unpaired) electrons. The number of hydrogen-bond acceptors (Lipinski definition) is 4. The van der Waals surface area contributed by atoms with Crippen LogP contribution >= 0.6 is 0 Å². The summed E-state index contributed by atoms with van der Waals surface area (Å²) in [6.07, 6.45) is 2.11. The molecule has 0 fully saturated rings. The van der Waals surface area contributed by atoms with E-state index in [0.29, 0.717) is 17.9 Å². The number of esters is 1. The van der Waals surface area contributed by atoms with E-state index >= 15 is 0 Å². The second-order valence-electron chi connectivity index (χ2n) is 8.76. The van der Waals surface area contributed by atoms with Gasteiger partial charge in [-0.2, -0.15) is 0 Å². The lowest BCUT2D eigenvalue weighted by Crippen LogP contribution is -2.37. The Hall–Kier alpha value is -3.01. The van der Waals surface area contributed by atoms with E-state index in [1.807, 2.05) is 37.3 Å². The fourth-order valence-corrected chi connectivity index (χ4v) is 4.58. The first-order valence-electron chi connectivity index (χ1n) is 11.1. The van der Waals surface area contributed by atoms with Crippen LogP contribution < -0.4 is 0 Å². The average molecular weight is 416 g/mol. The molecule has 1 aliphatic heterocycles. The third kappa shape index (κ3) is 4.39. The first-order chi connectivity index (χ1) is 15.0. The highest BCUT2D eigenvalue weighted by Gasteiger charge is 2.43. The Bertz CT molecular complexity index is 1030. The maximum Gasteiger partial charge on any atom is 0.315 e. The zero-order valence-corrected chi connectivity index (χ0v) is 18.4. The maximum atomic E-state index is 13.3. The molecule has 1 heterocycles. The zero-order valence-electron chi connectivity index (χ0n) is 18.4.